The van der Waals surface area contributed by atoms with Crippen molar-refractivity contribution in [1.82, 2.24) is 15.3 Å². The van der Waals surface area contributed by atoms with E-state index in [4.69, 9.17) is 5.11 Å². The summed E-state index contributed by atoms with van der Waals surface area (Å²) in [7, 11) is 0. The quantitative estimate of drug-likeness (QED) is 0.652. The highest BCUT2D eigenvalue weighted by Gasteiger charge is 2.33. The molecule has 0 spiro atoms. The lowest BCUT2D eigenvalue weighted by atomic mass is 10.1. The number of amides is 1. The normalized spacial score (nSPS) is 12.8. The maximum absolute atomic E-state index is 12.6. The van der Waals surface area contributed by atoms with Gasteiger partial charge in [0.2, 0.25) is 0 Å². The van der Waals surface area contributed by atoms with Crippen molar-refractivity contribution >= 4 is 22.9 Å². The zero-order valence-electron chi connectivity index (χ0n) is 11.9. The van der Waals surface area contributed by atoms with Gasteiger partial charge in [0.05, 0.1) is 5.39 Å². The number of pyridine rings is 2. The van der Waals surface area contributed by atoms with Crippen molar-refractivity contribution < 1.29 is 33.0 Å². The van der Waals surface area contributed by atoms with Crippen LogP contribution < -0.4 is 10.9 Å². The molecule has 4 N–H and O–H groups in total. The van der Waals surface area contributed by atoms with Crippen LogP contribution in [0.15, 0.2) is 16.9 Å². The molecule has 0 aliphatic carbocycles. The molecule has 128 valence electrons. The Morgan fingerprint density at radius 3 is 2.50 bits per heavy atom. The number of hydrogen-bond donors (Lipinski definition) is 4. The number of fused-ring (bicyclic) bond motifs is 1. The lowest BCUT2D eigenvalue weighted by Crippen LogP contribution is -2.40. The summed E-state index contributed by atoms with van der Waals surface area (Å²) in [5.74, 6) is -3.47. The predicted octanol–water partition coefficient (Wildman–Crippen LogP) is 0.850. The second kappa shape index (κ2) is 5.83. The van der Waals surface area contributed by atoms with Gasteiger partial charge in [0.25, 0.3) is 11.5 Å². The van der Waals surface area contributed by atoms with E-state index in [9.17, 15) is 32.7 Å². The number of alkyl halides is 3. The van der Waals surface area contributed by atoms with Crippen LogP contribution in [0, 0.1) is 0 Å². The third-order valence-corrected chi connectivity index (χ3v) is 3.08. The van der Waals surface area contributed by atoms with Gasteiger partial charge in [-0.25, -0.2) is 4.98 Å². The van der Waals surface area contributed by atoms with Crippen LogP contribution in [-0.4, -0.2) is 38.1 Å². The molecule has 1 amide bonds. The summed E-state index contributed by atoms with van der Waals surface area (Å²) in [6.45, 7) is 1.13. The minimum atomic E-state index is -4.76. The first-order chi connectivity index (χ1) is 11.0. The number of nitrogens with zero attached hydrogens (tertiary/aromatic N) is 1. The fraction of sp³-hybridized carbons (Fsp3) is 0.231. The number of carbonyl (C=O) groups excluding carboxylic acids is 1. The standard InChI is InChI=1S/C13H10F3N3O5/c1-4(12(23)24)17-10(21)7-8(20)5-2-3-6(13(14,15)16)18-9(5)19-11(7)22/h2-4H,1H3,(H,17,21)(H,23,24)(H2,18,19,20,22). The third-order valence-electron chi connectivity index (χ3n) is 3.08. The van der Waals surface area contributed by atoms with Crippen LogP contribution in [0.25, 0.3) is 11.0 Å². The molecule has 2 heterocycles. The summed E-state index contributed by atoms with van der Waals surface area (Å²) in [4.78, 5) is 39.6. The molecule has 1 atom stereocenters. The topological polar surface area (TPSA) is 132 Å². The molecule has 8 nitrogen and oxygen atoms in total. The van der Waals surface area contributed by atoms with Crippen molar-refractivity contribution in [3.8, 4) is 5.75 Å². The van der Waals surface area contributed by atoms with Gasteiger partial charge in [0.1, 0.15) is 28.7 Å². The molecule has 0 saturated heterocycles. The Kier molecular flexibility index (Phi) is 4.19. The molecule has 24 heavy (non-hydrogen) atoms. The van der Waals surface area contributed by atoms with Gasteiger partial charge in [0.15, 0.2) is 0 Å². The van der Waals surface area contributed by atoms with Crippen LogP contribution >= 0.6 is 0 Å². The smallest absolute Gasteiger partial charge is 0.433 e. The van der Waals surface area contributed by atoms with Crippen LogP contribution in [0.3, 0.4) is 0 Å². The molecule has 0 saturated carbocycles. The van der Waals surface area contributed by atoms with E-state index in [0.29, 0.717) is 6.07 Å². The van der Waals surface area contributed by atoms with Gasteiger partial charge in [-0.05, 0) is 19.1 Å². The first-order valence-electron chi connectivity index (χ1n) is 6.39. The molecule has 2 rings (SSSR count). The van der Waals surface area contributed by atoms with Crippen LogP contribution in [0.2, 0.25) is 0 Å². The highest BCUT2D eigenvalue weighted by Crippen LogP contribution is 2.31. The number of aromatic amines is 1. The summed E-state index contributed by atoms with van der Waals surface area (Å²) in [6.07, 6.45) is -4.76. The molecule has 0 radical (unpaired) electrons. The number of rotatable bonds is 3. The number of carboxylic acids is 1. The van der Waals surface area contributed by atoms with Crippen molar-refractivity contribution in [2.45, 2.75) is 19.1 Å². The Labute approximate surface area is 130 Å². The average molecular weight is 345 g/mol. The van der Waals surface area contributed by atoms with Crippen molar-refractivity contribution in [1.29, 1.82) is 0 Å². The van der Waals surface area contributed by atoms with Crippen molar-refractivity contribution in [3.05, 3.63) is 33.7 Å². The van der Waals surface area contributed by atoms with E-state index in [1.807, 2.05) is 10.3 Å². The predicted molar refractivity (Wildman–Crippen MR) is 73.6 cm³/mol. The van der Waals surface area contributed by atoms with E-state index in [1.54, 1.807) is 0 Å². The highest BCUT2D eigenvalue weighted by molar-refractivity contribution is 6.02. The van der Waals surface area contributed by atoms with E-state index < -0.39 is 52.3 Å². The van der Waals surface area contributed by atoms with Crippen molar-refractivity contribution in [2.24, 2.45) is 0 Å². The van der Waals surface area contributed by atoms with Crippen molar-refractivity contribution in [2.75, 3.05) is 0 Å². The Hall–Kier alpha value is -3.11. The molecule has 1 unspecified atom stereocenters. The zero-order valence-corrected chi connectivity index (χ0v) is 11.9. The first-order valence-corrected chi connectivity index (χ1v) is 6.39. The fourth-order valence-corrected chi connectivity index (χ4v) is 1.86. The summed E-state index contributed by atoms with van der Waals surface area (Å²) < 4.78 is 37.8. The molecule has 0 aliphatic heterocycles. The van der Waals surface area contributed by atoms with Crippen molar-refractivity contribution in [3.63, 3.8) is 0 Å². The second-order valence-corrected chi connectivity index (χ2v) is 4.80. The Morgan fingerprint density at radius 1 is 1.33 bits per heavy atom. The van der Waals surface area contributed by atoms with E-state index >= 15 is 0 Å². The lowest BCUT2D eigenvalue weighted by Gasteiger charge is -2.11. The first kappa shape index (κ1) is 17.2. The Balaban J connectivity index is 2.56. The summed E-state index contributed by atoms with van der Waals surface area (Å²) in [6, 6.07) is 0.0631. The molecule has 0 aromatic carbocycles. The van der Waals surface area contributed by atoms with Gasteiger partial charge in [0, 0.05) is 0 Å². The molecule has 0 aliphatic rings. The Morgan fingerprint density at radius 2 is 1.96 bits per heavy atom. The van der Waals surface area contributed by atoms with Crippen LogP contribution in [0.1, 0.15) is 23.0 Å². The molecule has 2 aromatic heterocycles. The third kappa shape index (κ3) is 3.14. The number of carbonyl (C=O) groups is 2. The maximum Gasteiger partial charge on any atom is 0.433 e. The average Bonchev–Trinajstić information content (AvgIpc) is 2.45. The summed E-state index contributed by atoms with van der Waals surface area (Å²) in [5.41, 5.74) is -3.88. The van der Waals surface area contributed by atoms with Crippen LogP contribution in [0.5, 0.6) is 5.75 Å². The number of nitrogens with one attached hydrogen (secondary N) is 2. The minimum Gasteiger partial charge on any atom is -0.506 e. The van der Waals surface area contributed by atoms with E-state index in [1.165, 1.54) is 0 Å². The lowest BCUT2D eigenvalue weighted by molar-refractivity contribution is -0.141. The summed E-state index contributed by atoms with van der Waals surface area (Å²) >= 11 is 0. The maximum atomic E-state index is 12.6. The van der Waals surface area contributed by atoms with E-state index in [0.717, 1.165) is 13.0 Å². The van der Waals surface area contributed by atoms with Crippen LogP contribution in [-0.2, 0) is 11.0 Å². The highest BCUT2D eigenvalue weighted by atomic mass is 19.4. The van der Waals surface area contributed by atoms with E-state index in [2.05, 4.69) is 4.98 Å². The van der Waals surface area contributed by atoms with Crippen LogP contribution in [0.4, 0.5) is 13.2 Å². The monoisotopic (exact) mass is 345 g/mol. The molecule has 0 fully saturated rings. The van der Waals surface area contributed by atoms with Gasteiger partial charge in [-0.1, -0.05) is 0 Å². The number of H-pyrrole nitrogens is 1. The molecular weight excluding hydrogens is 335 g/mol. The number of aromatic nitrogens is 2. The summed E-state index contributed by atoms with van der Waals surface area (Å²) in [5, 5.41) is 20.4. The van der Waals surface area contributed by atoms with Gasteiger partial charge in [-0.3, -0.25) is 14.4 Å². The van der Waals surface area contributed by atoms with Gasteiger partial charge in [-0.15, -0.1) is 0 Å². The zero-order chi connectivity index (χ0) is 18.2. The SMILES string of the molecule is CC(NC(=O)c1c(O)c2ccc(C(F)(F)F)nc2[nH]c1=O)C(=O)O. The number of hydrogen-bond acceptors (Lipinski definition) is 5. The minimum absolute atomic E-state index is 0.296. The molecule has 0 bridgehead atoms. The Bertz CT molecular complexity index is 891. The van der Waals surface area contributed by atoms with Gasteiger partial charge < -0.3 is 20.5 Å². The molecule has 11 heteroatoms. The second-order valence-electron chi connectivity index (χ2n) is 4.80. The molecular formula is C13H10F3N3O5. The number of aliphatic carboxylic acids is 1. The molecule has 2 aromatic rings. The van der Waals surface area contributed by atoms with Gasteiger partial charge >= 0.3 is 12.1 Å². The largest absolute Gasteiger partial charge is 0.506 e. The fourth-order valence-electron chi connectivity index (χ4n) is 1.86. The number of aromatic hydroxyl groups is 1. The number of carboxylic acid groups (broad SMARTS) is 1. The van der Waals surface area contributed by atoms with Gasteiger partial charge in [-0.2, -0.15) is 13.2 Å². The number of halogens is 3. The van der Waals surface area contributed by atoms with E-state index in [-0.39, 0.29) is 5.39 Å².